The molecular formula is C18H19NO2. The van der Waals surface area contributed by atoms with Crippen molar-refractivity contribution < 1.29 is 9.90 Å². The Labute approximate surface area is 125 Å². The predicted octanol–water partition coefficient (Wildman–Crippen LogP) is 4.13. The van der Waals surface area contributed by atoms with E-state index in [2.05, 4.69) is 31.2 Å². The van der Waals surface area contributed by atoms with Crippen LogP contribution in [0.25, 0.3) is 6.08 Å². The molecule has 3 heteroatoms. The van der Waals surface area contributed by atoms with Crippen molar-refractivity contribution in [3.05, 3.63) is 65.3 Å². The predicted molar refractivity (Wildman–Crippen MR) is 84.6 cm³/mol. The van der Waals surface area contributed by atoms with Crippen LogP contribution in [0.4, 0.5) is 0 Å². The fourth-order valence-electron chi connectivity index (χ4n) is 1.72. The van der Waals surface area contributed by atoms with Crippen LogP contribution in [0.3, 0.4) is 0 Å². The lowest BCUT2D eigenvalue weighted by atomic mass is 10.1. The number of aliphatic carboxylic acids is 1. The van der Waals surface area contributed by atoms with E-state index in [-0.39, 0.29) is 5.57 Å². The van der Waals surface area contributed by atoms with Crippen molar-refractivity contribution >= 4 is 12.0 Å². The zero-order valence-corrected chi connectivity index (χ0v) is 12.1. The zero-order valence-electron chi connectivity index (χ0n) is 12.1. The van der Waals surface area contributed by atoms with Crippen LogP contribution in [0.15, 0.2) is 54.1 Å². The maximum Gasteiger partial charge on any atom is 0.346 e. The molecule has 0 spiro atoms. The molecule has 21 heavy (non-hydrogen) atoms. The third kappa shape index (κ3) is 6.40. The fraction of sp³-hybridized carbons (Fsp3) is 0.222. The molecule has 3 nitrogen and oxygen atoms in total. The summed E-state index contributed by atoms with van der Waals surface area (Å²) in [5, 5.41) is 17.2. The summed E-state index contributed by atoms with van der Waals surface area (Å²) >= 11 is 0. The second kappa shape index (κ2) is 9.33. The molecule has 0 amide bonds. The third-order valence-corrected chi connectivity index (χ3v) is 2.92. The van der Waals surface area contributed by atoms with Crippen molar-refractivity contribution in [3.8, 4) is 6.07 Å². The largest absolute Gasteiger partial charge is 0.477 e. The second-order valence-electron chi connectivity index (χ2n) is 4.59. The molecule has 1 aromatic rings. The number of allylic oxidation sites excluding steroid dienone is 4. The minimum absolute atomic E-state index is 0.278. The lowest BCUT2D eigenvalue weighted by Crippen LogP contribution is -1.96. The van der Waals surface area contributed by atoms with Gasteiger partial charge in [-0.2, -0.15) is 5.26 Å². The number of aryl methyl sites for hydroxylation is 1. The number of nitrogens with zero attached hydrogens (tertiary/aromatic N) is 1. The Morgan fingerprint density at radius 2 is 1.95 bits per heavy atom. The molecule has 1 N–H and O–H groups in total. The van der Waals surface area contributed by atoms with Crippen LogP contribution in [0.2, 0.25) is 0 Å². The highest BCUT2D eigenvalue weighted by Crippen LogP contribution is 2.09. The van der Waals surface area contributed by atoms with E-state index < -0.39 is 5.97 Å². The van der Waals surface area contributed by atoms with Crippen LogP contribution in [0.1, 0.15) is 30.9 Å². The molecule has 0 saturated heterocycles. The number of hydrogen-bond acceptors (Lipinski definition) is 2. The molecule has 0 fully saturated rings. The molecule has 0 aromatic heterocycles. The van der Waals surface area contributed by atoms with E-state index in [0.717, 1.165) is 12.0 Å². The van der Waals surface area contributed by atoms with Gasteiger partial charge in [-0.25, -0.2) is 4.79 Å². The molecule has 108 valence electrons. The number of carbonyl (C=O) groups is 1. The Bertz CT molecular complexity index is 587. The molecular weight excluding hydrogens is 262 g/mol. The van der Waals surface area contributed by atoms with E-state index in [4.69, 9.17) is 10.4 Å². The molecule has 0 aliphatic heterocycles. The maximum absolute atomic E-state index is 10.6. The topological polar surface area (TPSA) is 61.1 Å². The lowest BCUT2D eigenvalue weighted by Gasteiger charge is -1.99. The molecule has 0 heterocycles. The first-order valence-electron chi connectivity index (χ1n) is 6.94. The summed E-state index contributed by atoms with van der Waals surface area (Å²) in [5.74, 6) is -1.21. The Morgan fingerprint density at radius 3 is 2.52 bits per heavy atom. The van der Waals surface area contributed by atoms with Crippen molar-refractivity contribution in [2.24, 2.45) is 0 Å². The van der Waals surface area contributed by atoms with Gasteiger partial charge in [0.05, 0.1) is 0 Å². The molecule has 0 atom stereocenters. The third-order valence-electron chi connectivity index (χ3n) is 2.92. The summed E-state index contributed by atoms with van der Waals surface area (Å²) < 4.78 is 0. The van der Waals surface area contributed by atoms with Gasteiger partial charge in [0, 0.05) is 0 Å². The quantitative estimate of drug-likeness (QED) is 0.464. The second-order valence-corrected chi connectivity index (χ2v) is 4.59. The number of benzene rings is 1. The molecule has 0 radical (unpaired) electrons. The van der Waals surface area contributed by atoms with E-state index >= 15 is 0 Å². The van der Waals surface area contributed by atoms with Crippen molar-refractivity contribution in [1.82, 2.24) is 0 Å². The van der Waals surface area contributed by atoms with Gasteiger partial charge in [0.25, 0.3) is 0 Å². The molecule has 1 aromatic carbocycles. The average Bonchev–Trinajstić information content (AvgIpc) is 2.49. The molecule has 0 aliphatic carbocycles. The van der Waals surface area contributed by atoms with Crippen LogP contribution in [-0.2, 0) is 11.2 Å². The van der Waals surface area contributed by atoms with Gasteiger partial charge in [0.2, 0.25) is 0 Å². The average molecular weight is 281 g/mol. The van der Waals surface area contributed by atoms with Gasteiger partial charge in [-0.1, -0.05) is 61.9 Å². The standard InChI is InChI=1S/C18H19NO2/c1-2-3-7-15-10-12-16(13-11-15)8-5-4-6-9-17(14-19)18(20)21/h4-6,8-13H,2-3,7H2,1H3,(H,20,21)/b6-4+,8-5+,17-9+. The summed E-state index contributed by atoms with van der Waals surface area (Å²) in [6, 6.07) is 9.98. The van der Waals surface area contributed by atoms with Gasteiger partial charge in [-0.15, -0.1) is 0 Å². The summed E-state index contributed by atoms with van der Waals surface area (Å²) in [7, 11) is 0. The van der Waals surface area contributed by atoms with E-state index in [1.807, 2.05) is 12.2 Å². The Hall–Kier alpha value is -2.60. The first kappa shape index (κ1) is 16.5. The molecule has 1 rings (SSSR count). The zero-order chi connectivity index (χ0) is 15.5. The van der Waals surface area contributed by atoms with E-state index in [9.17, 15) is 4.79 Å². The molecule has 0 aliphatic rings. The van der Waals surface area contributed by atoms with E-state index in [1.165, 1.54) is 24.5 Å². The highest BCUT2D eigenvalue weighted by atomic mass is 16.4. The maximum atomic E-state index is 10.6. The van der Waals surface area contributed by atoms with Crippen LogP contribution < -0.4 is 0 Å². The van der Waals surface area contributed by atoms with Crippen LogP contribution in [0.5, 0.6) is 0 Å². The number of nitriles is 1. The van der Waals surface area contributed by atoms with Crippen LogP contribution in [-0.4, -0.2) is 11.1 Å². The van der Waals surface area contributed by atoms with E-state index in [1.54, 1.807) is 18.2 Å². The molecule has 0 bridgehead atoms. The van der Waals surface area contributed by atoms with Crippen LogP contribution in [0, 0.1) is 11.3 Å². The van der Waals surface area contributed by atoms with Crippen molar-refractivity contribution in [2.75, 3.05) is 0 Å². The van der Waals surface area contributed by atoms with Crippen molar-refractivity contribution in [1.29, 1.82) is 5.26 Å². The van der Waals surface area contributed by atoms with Gasteiger partial charge < -0.3 is 5.11 Å². The van der Waals surface area contributed by atoms with Gasteiger partial charge in [-0.3, -0.25) is 0 Å². The first-order valence-corrected chi connectivity index (χ1v) is 6.94. The minimum Gasteiger partial charge on any atom is -0.477 e. The van der Waals surface area contributed by atoms with Gasteiger partial charge in [0.15, 0.2) is 0 Å². The summed E-state index contributed by atoms with van der Waals surface area (Å²) in [5.41, 5.74) is 2.15. The minimum atomic E-state index is -1.21. The van der Waals surface area contributed by atoms with Crippen molar-refractivity contribution in [2.45, 2.75) is 26.2 Å². The van der Waals surface area contributed by atoms with Crippen molar-refractivity contribution in [3.63, 3.8) is 0 Å². The molecule has 0 saturated carbocycles. The number of carboxylic acids is 1. The fourth-order valence-corrected chi connectivity index (χ4v) is 1.72. The Morgan fingerprint density at radius 1 is 1.24 bits per heavy atom. The number of carboxylic acid groups (broad SMARTS) is 1. The lowest BCUT2D eigenvalue weighted by molar-refractivity contribution is -0.132. The van der Waals surface area contributed by atoms with Gasteiger partial charge in [0.1, 0.15) is 11.6 Å². The number of rotatable bonds is 7. The first-order chi connectivity index (χ1) is 10.2. The Kier molecular flexibility index (Phi) is 7.31. The summed E-state index contributed by atoms with van der Waals surface area (Å²) in [4.78, 5) is 10.6. The number of unbranched alkanes of at least 4 members (excludes halogenated alkanes) is 1. The SMILES string of the molecule is CCCCc1ccc(/C=C/C=C/C=C(\C#N)C(=O)O)cc1. The van der Waals surface area contributed by atoms with Gasteiger partial charge >= 0.3 is 5.97 Å². The number of hydrogen-bond donors (Lipinski definition) is 1. The summed E-state index contributed by atoms with van der Waals surface area (Å²) in [6.07, 6.45) is 11.8. The summed E-state index contributed by atoms with van der Waals surface area (Å²) in [6.45, 7) is 2.18. The molecule has 0 unspecified atom stereocenters. The van der Waals surface area contributed by atoms with E-state index in [0.29, 0.717) is 0 Å². The smallest absolute Gasteiger partial charge is 0.346 e. The highest BCUT2D eigenvalue weighted by molar-refractivity contribution is 5.91. The monoisotopic (exact) mass is 281 g/mol. The normalized spacial score (nSPS) is 11.9. The van der Waals surface area contributed by atoms with Crippen LogP contribution >= 0.6 is 0 Å². The Balaban J connectivity index is 2.57. The van der Waals surface area contributed by atoms with Gasteiger partial charge in [-0.05, 0) is 30.0 Å². The highest BCUT2D eigenvalue weighted by Gasteiger charge is 2.01.